The van der Waals surface area contributed by atoms with Gasteiger partial charge in [0, 0.05) is 44.1 Å². The fraction of sp³-hybridized carbons (Fsp3) is 0.800. The quantitative estimate of drug-likeness (QED) is 0.215. The normalized spacial score (nSPS) is 38.2. The van der Waals surface area contributed by atoms with Gasteiger partial charge in [-0.3, -0.25) is 9.69 Å². The van der Waals surface area contributed by atoms with Crippen LogP contribution in [-0.4, -0.2) is 116 Å². The summed E-state index contributed by atoms with van der Waals surface area (Å²) < 4.78 is 19.1. The summed E-state index contributed by atoms with van der Waals surface area (Å²) in [5, 5.41) is 45.3. The molecule has 3 aliphatic heterocycles. The number of hydrogen-bond acceptors (Lipinski definition) is 10. The molecule has 4 aliphatic rings. The smallest absolute Gasteiger partial charge is 0.410 e. The summed E-state index contributed by atoms with van der Waals surface area (Å²) in [5.41, 5.74) is -2.22. The number of allylic oxidation sites excluding steroid dienone is 2. The van der Waals surface area contributed by atoms with Crippen LogP contribution >= 0.6 is 0 Å². The number of aliphatic hydroxyl groups excluding tert-OH is 2. The van der Waals surface area contributed by atoms with Crippen LogP contribution in [0, 0.1) is 11.8 Å². The van der Waals surface area contributed by atoms with Crippen molar-refractivity contribution in [2.45, 2.75) is 166 Å². The summed E-state index contributed by atoms with van der Waals surface area (Å²) in [6, 6.07) is 0.539. The lowest BCUT2D eigenvalue weighted by Gasteiger charge is -2.41. The van der Waals surface area contributed by atoms with Crippen molar-refractivity contribution in [1.29, 1.82) is 0 Å². The van der Waals surface area contributed by atoms with Gasteiger partial charge >= 0.3 is 12.1 Å². The predicted molar refractivity (Wildman–Crippen MR) is 196 cm³/mol. The van der Waals surface area contributed by atoms with E-state index in [-0.39, 0.29) is 30.9 Å². The van der Waals surface area contributed by atoms with Gasteiger partial charge in [-0.2, -0.15) is 0 Å². The van der Waals surface area contributed by atoms with Crippen molar-refractivity contribution in [3.8, 4) is 0 Å². The van der Waals surface area contributed by atoms with Crippen molar-refractivity contribution in [1.82, 2.24) is 9.80 Å². The van der Waals surface area contributed by atoms with Gasteiger partial charge in [0.1, 0.15) is 23.6 Å². The minimum Gasteiger partial charge on any atom is -0.491 e. The Bertz CT molecular complexity index is 1230. The SMILES string of the molecule is CCC(O)C(C)C1CCC(C)(O)/C=C/C=C(\C)C2OC(=O)CC(O)CCC(C)(O)C(OC(=O)N3CCN(C4CCCCCC4)CC3)/C(=C\C2C)O1. The Labute approximate surface area is 305 Å². The Morgan fingerprint density at radius 2 is 1.69 bits per heavy atom. The van der Waals surface area contributed by atoms with Gasteiger partial charge in [0.15, 0.2) is 6.10 Å². The molecule has 1 saturated carbocycles. The molecule has 0 aromatic carbocycles. The number of rotatable bonds is 5. The first-order valence-corrected chi connectivity index (χ1v) is 19.5. The molecule has 1 amide bonds. The molecule has 9 atom stereocenters. The van der Waals surface area contributed by atoms with E-state index in [2.05, 4.69) is 4.90 Å². The molecule has 9 unspecified atom stereocenters. The molecule has 4 N–H and O–H groups in total. The summed E-state index contributed by atoms with van der Waals surface area (Å²) in [4.78, 5) is 31.3. The third-order valence-electron chi connectivity index (χ3n) is 11.6. The zero-order valence-electron chi connectivity index (χ0n) is 32.0. The molecular formula is C40H66N2O9. The highest BCUT2D eigenvalue weighted by atomic mass is 16.6. The van der Waals surface area contributed by atoms with Gasteiger partial charge in [0.2, 0.25) is 0 Å². The minimum absolute atomic E-state index is 0.00271. The first-order valence-electron chi connectivity index (χ1n) is 19.5. The maximum absolute atomic E-state index is 14.0. The lowest BCUT2D eigenvalue weighted by Crippen LogP contribution is -2.54. The van der Waals surface area contributed by atoms with Crippen LogP contribution in [0.1, 0.15) is 119 Å². The molecule has 51 heavy (non-hydrogen) atoms. The Morgan fingerprint density at radius 3 is 2.33 bits per heavy atom. The fourth-order valence-electron chi connectivity index (χ4n) is 8.03. The van der Waals surface area contributed by atoms with Gasteiger partial charge in [-0.05, 0) is 77.4 Å². The average Bonchev–Trinajstić information content (AvgIpc) is 3.38. The van der Waals surface area contributed by atoms with Gasteiger partial charge < -0.3 is 39.5 Å². The number of aliphatic hydroxyl groups is 4. The van der Waals surface area contributed by atoms with Gasteiger partial charge in [0.05, 0.1) is 24.2 Å². The van der Waals surface area contributed by atoms with Gasteiger partial charge in [0.25, 0.3) is 0 Å². The second kappa shape index (κ2) is 18.5. The summed E-state index contributed by atoms with van der Waals surface area (Å²) >= 11 is 0. The zero-order chi connectivity index (χ0) is 37.3. The molecule has 0 spiro atoms. The van der Waals surface area contributed by atoms with E-state index in [0.717, 1.165) is 13.1 Å². The molecule has 290 valence electrons. The summed E-state index contributed by atoms with van der Waals surface area (Å²) in [5.74, 6) is -1.29. The van der Waals surface area contributed by atoms with Crippen molar-refractivity contribution in [3.63, 3.8) is 0 Å². The molecule has 0 aromatic heterocycles. The standard InChI is InChI=1S/C40H66N2O9/c1-7-32(44)29(4)33-17-19-39(5,47)18-12-13-27(2)36-28(3)25-34(49-33)37(40(6,48)20-16-31(43)26-35(45)50-36)51-38(46)42-23-21-41(22-24-42)30-14-10-8-9-11-15-30/h12-13,18,25,28-33,36-37,43-44,47-48H,7-11,14-17,19-24,26H2,1-6H3/b18-12+,27-13+,34-25+. The van der Waals surface area contributed by atoms with Crippen molar-refractivity contribution in [3.05, 3.63) is 35.6 Å². The van der Waals surface area contributed by atoms with Crippen molar-refractivity contribution >= 4 is 12.1 Å². The second-order valence-electron chi connectivity index (χ2n) is 16.2. The number of carbonyl (C=O) groups is 2. The number of hydrogen-bond donors (Lipinski definition) is 4. The van der Waals surface area contributed by atoms with E-state index in [0.29, 0.717) is 44.0 Å². The minimum atomic E-state index is -1.70. The van der Waals surface area contributed by atoms with E-state index < -0.39 is 59.7 Å². The third kappa shape index (κ3) is 11.8. The summed E-state index contributed by atoms with van der Waals surface area (Å²) in [7, 11) is 0. The van der Waals surface area contributed by atoms with Crippen molar-refractivity contribution < 1.29 is 44.2 Å². The van der Waals surface area contributed by atoms with Crippen LogP contribution in [0.4, 0.5) is 4.79 Å². The largest absolute Gasteiger partial charge is 0.491 e. The molecule has 2 fully saturated rings. The molecule has 1 aliphatic carbocycles. The van der Waals surface area contributed by atoms with Crippen molar-refractivity contribution in [2.75, 3.05) is 26.2 Å². The summed E-state index contributed by atoms with van der Waals surface area (Å²) in [6.07, 6.45) is 10.3. The predicted octanol–water partition coefficient (Wildman–Crippen LogP) is 5.40. The monoisotopic (exact) mass is 718 g/mol. The molecule has 11 nitrogen and oxygen atoms in total. The fourth-order valence-corrected chi connectivity index (χ4v) is 8.03. The Balaban J connectivity index is 1.74. The Hall–Kier alpha value is -2.44. The van der Waals surface area contributed by atoms with E-state index in [9.17, 15) is 30.0 Å². The van der Waals surface area contributed by atoms with Crippen LogP contribution in [0.25, 0.3) is 0 Å². The Morgan fingerprint density at radius 1 is 1.02 bits per heavy atom. The number of ether oxygens (including phenoxy) is 3. The van der Waals surface area contributed by atoms with Crippen LogP contribution < -0.4 is 0 Å². The van der Waals surface area contributed by atoms with Gasteiger partial charge in [-0.15, -0.1) is 0 Å². The number of esters is 1. The topological polar surface area (TPSA) is 149 Å². The number of piperazine rings is 1. The molecule has 11 heteroatoms. The van der Waals surface area contributed by atoms with Gasteiger partial charge in [-0.25, -0.2) is 4.79 Å². The molecule has 0 radical (unpaired) electrons. The van der Waals surface area contributed by atoms with Crippen LogP contribution in [0.2, 0.25) is 0 Å². The van der Waals surface area contributed by atoms with E-state index in [1.165, 1.54) is 38.5 Å². The maximum Gasteiger partial charge on any atom is 0.410 e. The van der Waals surface area contributed by atoms with E-state index in [1.807, 2.05) is 27.7 Å². The molecule has 3 heterocycles. The van der Waals surface area contributed by atoms with E-state index in [1.54, 1.807) is 43.1 Å². The highest BCUT2D eigenvalue weighted by Crippen LogP contribution is 2.35. The molecule has 2 bridgehead atoms. The van der Waals surface area contributed by atoms with Crippen LogP contribution in [0.15, 0.2) is 35.6 Å². The lowest BCUT2D eigenvalue weighted by molar-refractivity contribution is -0.152. The van der Waals surface area contributed by atoms with Crippen LogP contribution in [0.3, 0.4) is 0 Å². The van der Waals surface area contributed by atoms with E-state index >= 15 is 0 Å². The van der Waals surface area contributed by atoms with Crippen LogP contribution in [0.5, 0.6) is 0 Å². The number of amides is 1. The molecule has 0 aromatic rings. The molecule has 4 rings (SSSR count). The summed E-state index contributed by atoms with van der Waals surface area (Å²) in [6.45, 7) is 13.3. The first kappa shape index (κ1) is 41.3. The number of carbonyl (C=O) groups excluding carboxylic acids is 2. The van der Waals surface area contributed by atoms with E-state index in [4.69, 9.17) is 14.2 Å². The number of fused-ring (bicyclic) bond motifs is 2. The third-order valence-corrected chi connectivity index (χ3v) is 11.6. The lowest BCUT2D eigenvalue weighted by atomic mass is 9.86. The average molecular weight is 719 g/mol. The van der Waals surface area contributed by atoms with Crippen LogP contribution in [-0.2, 0) is 19.0 Å². The van der Waals surface area contributed by atoms with Gasteiger partial charge in [-0.1, -0.05) is 64.7 Å². The first-order chi connectivity index (χ1) is 24.1. The number of nitrogens with zero attached hydrogens (tertiary/aromatic N) is 2. The molecule has 1 saturated heterocycles. The highest BCUT2D eigenvalue weighted by Gasteiger charge is 2.44. The maximum atomic E-state index is 14.0. The molecular weight excluding hydrogens is 652 g/mol. The van der Waals surface area contributed by atoms with Crippen molar-refractivity contribution in [2.24, 2.45) is 11.8 Å². The zero-order valence-corrected chi connectivity index (χ0v) is 32.0. The Kier molecular flexibility index (Phi) is 15.0. The highest BCUT2D eigenvalue weighted by molar-refractivity contribution is 5.70. The second-order valence-corrected chi connectivity index (χ2v) is 16.2.